The standard InChI is InChI=1S/C13H10I/c14-13-8-6-12(7-9-13)10-11-4-2-1-3-5-11/h1-2,4-9H,10H2. The Hall–Kier alpha value is -0.830. The molecule has 0 amide bonds. The molecule has 1 heteroatoms. The van der Waals surface area contributed by atoms with Crippen molar-refractivity contribution in [2.75, 3.05) is 0 Å². The van der Waals surface area contributed by atoms with Gasteiger partial charge < -0.3 is 0 Å². The van der Waals surface area contributed by atoms with E-state index in [-0.39, 0.29) is 0 Å². The first-order valence-electron chi connectivity index (χ1n) is 4.54. The Bertz CT molecular complexity index is 389. The van der Waals surface area contributed by atoms with Crippen molar-refractivity contribution in [1.29, 1.82) is 0 Å². The summed E-state index contributed by atoms with van der Waals surface area (Å²) in [6.07, 6.45) is 0.994. The van der Waals surface area contributed by atoms with Crippen LogP contribution in [0.1, 0.15) is 11.1 Å². The molecule has 0 nitrogen and oxygen atoms in total. The third-order valence-electron chi connectivity index (χ3n) is 2.09. The van der Waals surface area contributed by atoms with Crippen LogP contribution in [0.15, 0.2) is 48.5 Å². The summed E-state index contributed by atoms with van der Waals surface area (Å²) in [5, 5.41) is 0. The van der Waals surface area contributed by atoms with Crippen molar-refractivity contribution in [3.63, 3.8) is 0 Å². The monoisotopic (exact) mass is 293 g/mol. The molecule has 0 N–H and O–H groups in total. The lowest BCUT2D eigenvalue weighted by Crippen LogP contribution is -1.87. The van der Waals surface area contributed by atoms with Crippen LogP contribution in [0.3, 0.4) is 0 Å². The average Bonchev–Trinajstić information content (AvgIpc) is 2.23. The Labute approximate surface area is 98.1 Å². The van der Waals surface area contributed by atoms with E-state index in [1.165, 1.54) is 14.7 Å². The molecule has 0 heterocycles. The number of rotatable bonds is 2. The summed E-state index contributed by atoms with van der Waals surface area (Å²) in [4.78, 5) is 0. The molecular formula is C13H10I. The zero-order chi connectivity index (χ0) is 9.80. The molecule has 0 bridgehead atoms. The van der Waals surface area contributed by atoms with Crippen molar-refractivity contribution in [1.82, 2.24) is 0 Å². The average molecular weight is 293 g/mol. The van der Waals surface area contributed by atoms with Crippen molar-refractivity contribution in [3.05, 3.63) is 69.3 Å². The summed E-state index contributed by atoms with van der Waals surface area (Å²) < 4.78 is 1.28. The van der Waals surface area contributed by atoms with Crippen molar-refractivity contribution in [3.8, 4) is 0 Å². The van der Waals surface area contributed by atoms with Gasteiger partial charge in [0, 0.05) is 3.57 Å². The van der Waals surface area contributed by atoms with Gasteiger partial charge in [-0.3, -0.25) is 0 Å². The molecule has 0 aliphatic heterocycles. The molecule has 1 radical (unpaired) electrons. The predicted octanol–water partition coefficient (Wildman–Crippen LogP) is 3.68. The molecule has 69 valence electrons. The zero-order valence-corrected chi connectivity index (χ0v) is 9.86. The summed E-state index contributed by atoms with van der Waals surface area (Å²) in [5.41, 5.74) is 2.67. The minimum atomic E-state index is 0.994. The van der Waals surface area contributed by atoms with Crippen molar-refractivity contribution in [2.45, 2.75) is 6.42 Å². The molecule has 2 aromatic rings. The summed E-state index contributed by atoms with van der Waals surface area (Å²) in [7, 11) is 0. The van der Waals surface area contributed by atoms with Crippen molar-refractivity contribution in [2.24, 2.45) is 0 Å². The zero-order valence-electron chi connectivity index (χ0n) is 7.70. The van der Waals surface area contributed by atoms with Gasteiger partial charge in [0.2, 0.25) is 0 Å². The molecule has 0 saturated carbocycles. The lowest BCUT2D eigenvalue weighted by Gasteiger charge is -2.01. The molecule has 0 saturated heterocycles. The fourth-order valence-electron chi connectivity index (χ4n) is 1.38. The Morgan fingerprint density at radius 2 is 1.79 bits per heavy atom. The van der Waals surface area contributed by atoms with E-state index in [4.69, 9.17) is 0 Å². The van der Waals surface area contributed by atoms with Gasteiger partial charge in [-0.1, -0.05) is 36.4 Å². The third kappa shape index (κ3) is 2.58. The Kier molecular flexibility index (Phi) is 3.19. The van der Waals surface area contributed by atoms with Gasteiger partial charge in [0.25, 0.3) is 0 Å². The van der Waals surface area contributed by atoms with Crippen LogP contribution in [0.5, 0.6) is 0 Å². The molecule has 0 aromatic heterocycles. The third-order valence-corrected chi connectivity index (χ3v) is 2.81. The Balaban J connectivity index is 2.16. The largest absolute Gasteiger partial charge is 0.0614 e. The highest BCUT2D eigenvalue weighted by Gasteiger charge is 1.94. The van der Waals surface area contributed by atoms with E-state index in [0.29, 0.717) is 0 Å². The van der Waals surface area contributed by atoms with Crippen LogP contribution in [-0.2, 0) is 6.42 Å². The molecule has 0 spiro atoms. The van der Waals surface area contributed by atoms with Gasteiger partial charge in [0.1, 0.15) is 0 Å². The molecule has 14 heavy (non-hydrogen) atoms. The van der Waals surface area contributed by atoms with E-state index in [1.54, 1.807) is 0 Å². The van der Waals surface area contributed by atoms with Crippen LogP contribution in [0.25, 0.3) is 0 Å². The second-order valence-corrected chi connectivity index (χ2v) is 4.46. The normalized spacial score (nSPS) is 10.1. The topological polar surface area (TPSA) is 0 Å². The second kappa shape index (κ2) is 4.60. The van der Waals surface area contributed by atoms with Crippen LogP contribution in [0.4, 0.5) is 0 Å². The molecule has 0 unspecified atom stereocenters. The fraction of sp³-hybridized carbons (Fsp3) is 0.0769. The quantitative estimate of drug-likeness (QED) is 0.741. The Morgan fingerprint density at radius 1 is 1.00 bits per heavy atom. The maximum atomic E-state index is 3.09. The first-order chi connectivity index (χ1) is 6.84. The SMILES string of the molecule is Ic1ccc(Cc2c[c]ccc2)cc1. The maximum absolute atomic E-state index is 3.09. The lowest BCUT2D eigenvalue weighted by atomic mass is 10.1. The van der Waals surface area contributed by atoms with Crippen LogP contribution in [-0.4, -0.2) is 0 Å². The summed E-state index contributed by atoms with van der Waals surface area (Å²) in [6, 6.07) is 19.9. The Morgan fingerprint density at radius 3 is 2.43 bits per heavy atom. The number of hydrogen-bond acceptors (Lipinski definition) is 0. The van der Waals surface area contributed by atoms with E-state index in [9.17, 15) is 0 Å². The van der Waals surface area contributed by atoms with Gasteiger partial charge in [0.05, 0.1) is 0 Å². The highest BCUT2D eigenvalue weighted by atomic mass is 127. The van der Waals surface area contributed by atoms with E-state index in [2.05, 4.69) is 59.0 Å². The van der Waals surface area contributed by atoms with Gasteiger partial charge in [-0.25, -0.2) is 0 Å². The van der Waals surface area contributed by atoms with E-state index in [0.717, 1.165) is 6.42 Å². The minimum Gasteiger partial charge on any atom is -0.0614 e. The molecule has 0 aliphatic rings. The fourth-order valence-corrected chi connectivity index (χ4v) is 1.74. The summed E-state index contributed by atoms with van der Waals surface area (Å²) in [6.45, 7) is 0. The van der Waals surface area contributed by atoms with Gasteiger partial charge in [0.15, 0.2) is 0 Å². The van der Waals surface area contributed by atoms with Crippen LogP contribution < -0.4 is 0 Å². The molecule has 2 aromatic carbocycles. The molecule has 2 rings (SSSR count). The predicted molar refractivity (Wildman–Crippen MR) is 67.2 cm³/mol. The van der Waals surface area contributed by atoms with Crippen molar-refractivity contribution >= 4 is 22.6 Å². The number of benzene rings is 2. The molecule has 0 aliphatic carbocycles. The maximum Gasteiger partial charge on any atom is 0.0130 e. The van der Waals surface area contributed by atoms with Gasteiger partial charge in [-0.05, 0) is 58.3 Å². The summed E-state index contributed by atoms with van der Waals surface area (Å²) >= 11 is 2.32. The van der Waals surface area contributed by atoms with Crippen LogP contribution >= 0.6 is 22.6 Å². The first-order valence-corrected chi connectivity index (χ1v) is 5.62. The highest BCUT2D eigenvalue weighted by molar-refractivity contribution is 14.1. The van der Waals surface area contributed by atoms with Gasteiger partial charge in [-0.2, -0.15) is 0 Å². The smallest absolute Gasteiger partial charge is 0.0130 e. The van der Waals surface area contributed by atoms with Gasteiger partial charge >= 0.3 is 0 Å². The highest BCUT2D eigenvalue weighted by Crippen LogP contribution is 2.11. The van der Waals surface area contributed by atoms with Crippen LogP contribution in [0, 0.1) is 9.64 Å². The molecule has 0 atom stereocenters. The lowest BCUT2D eigenvalue weighted by molar-refractivity contribution is 1.19. The van der Waals surface area contributed by atoms with E-state index < -0.39 is 0 Å². The van der Waals surface area contributed by atoms with Gasteiger partial charge in [-0.15, -0.1) is 0 Å². The van der Waals surface area contributed by atoms with E-state index in [1.807, 2.05) is 18.2 Å². The molecular weight excluding hydrogens is 283 g/mol. The minimum absolute atomic E-state index is 0.994. The second-order valence-electron chi connectivity index (χ2n) is 3.21. The molecule has 0 fully saturated rings. The van der Waals surface area contributed by atoms with Crippen molar-refractivity contribution < 1.29 is 0 Å². The first kappa shape index (κ1) is 9.71. The number of hydrogen-bond donors (Lipinski definition) is 0. The van der Waals surface area contributed by atoms with E-state index >= 15 is 0 Å². The summed E-state index contributed by atoms with van der Waals surface area (Å²) in [5.74, 6) is 0. The van der Waals surface area contributed by atoms with Crippen LogP contribution in [0.2, 0.25) is 0 Å². The number of halogens is 1.